The first-order valence-electron chi connectivity index (χ1n) is 7.49. The van der Waals surface area contributed by atoms with Gasteiger partial charge in [-0.25, -0.2) is 0 Å². The summed E-state index contributed by atoms with van der Waals surface area (Å²) < 4.78 is 0. The maximum atomic E-state index is 2.60. The third-order valence-corrected chi connectivity index (χ3v) is 4.85. The third kappa shape index (κ3) is 3.12. The van der Waals surface area contributed by atoms with Crippen molar-refractivity contribution >= 4 is 0 Å². The van der Waals surface area contributed by atoms with Crippen molar-refractivity contribution in [2.75, 3.05) is 0 Å². The smallest absolute Gasteiger partial charge is 0.0202 e. The Kier molecular flexibility index (Phi) is 4.49. The van der Waals surface area contributed by atoms with Crippen LogP contribution < -0.4 is 0 Å². The molecule has 0 saturated heterocycles. The zero-order chi connectivity index (χ0) is 11.4. The van der Waals surface area contributed by atoms with Crippen molar-refractivity contribution in [2.24, 2.45) is 17.8 Å². The Balaban J connectivity index is 1.74. The quantitative estimate of drug-likeness (QED) is 0.561. The van der Waals surface area contributed by atoms with E-state index in [-0.39, 0.29) is 0 Å². The normalized spacial score (nSPS) is 31.8. The highest BCUT2D eigenvalue weighted by atomic mass is 14.3. The Morgan fingerprint density at radius 1 is 1.12 bits per heavy atom. The summed E-state index contributed by atoms with van der Waals surface area (Å²) in [5, 5.41) is 0. The van der Waals surface area contributed by atoms with Gasteiger partial charge in [-0.2, -0.15) is 0 Å². The van der Waals surface area contributed by atoms with Crippen molar-refractivity contribution in [1.82, 2.24) is 0 Å². The van der Waals surface area contributed by atoms with Gasteiger partial charge in [-0.3, -0.25) is 0 Å². The summed E-state index contributed by atoms with van der Waals surface area (Å²) in [5.74, 6) is 2.91. The molecule has 92 valence electrons. The van der Waals surface area contributed by atoms with Gasteiger partial charge >= 0.3 is 0 Å². The highest BCUT2D eigenvalue weighted by Gasteiger charge is 2.24. The van der Waals surface area contributed by atoms with Crippen LogP contribution in [0.1, 0.15) is 71.6 Å². The molecule has 1 fully saturated rings. The molecule has 0 bridgehead atoms. The van der Waals surface area contributed by atoms with Gasteiger partial charge in [0.1, 0.15) is 0 Å². The van der Waals surface area contributed by atoms with Crippen LogP contribution in [0.5, 0.6) is 0 Å². The van der Waals surface area contributed by atoms with Crippen molar-refractivity contribution in [3.8, 4) is 0 Å². The highest BCUT2D eigenvalue weighted by molar-refractivity contribution is 5.12. The number of rotatable bonds is 4. The summed E-state index contributed by atoms with van der Waals surface area (Å²) in [4.78, 5) is 0. The van der Waals surface area contributed by atoms with Gasteiger partial charge in [0.25, 0.3) is 0 Å². The highest BCUT2D eigenvalue weighted by Crippen LogP contribution is 2.37. The van der Waals surface area contributed by atoms with E-state index in [0.29, 0.717) is 0 Å². The fourth-order valence-electron chi connectivity index (χ4n) is 3.63. The van der Waals surface area contributed by atoms with Crippen LogP contribution in [-0.4, -0.2) is 0 Å². The van der Waals surface area contributed by atoms with Crippen molar-refractivity contribution < 1.29 is 0 Å². The van der Waals surface area contributed by atoms with Gasteiger partial charge in [0, 0.05) is 0 Å². The monoisotopic (exact) mass is 220 g/mol. The Morgan fingerprint density at radius 3 is 2.50 bits per heavy atom. The second kappa shape index (κ2) is 5.89. The average Bonchev–Trinajstić information content (AvgIpc) is 2.69. The minimum atomic E-state index is 0.914. The molecule has 1 saturated carbocycles. The molecule has 0 aromatic carbocycles. The molecule has 0 heterocycles. The van der Waals surface area contributed by atoms with Crippen LogP contribution in [0, 0.1) is 17.8 Å². The molecule has 2 atom stereocenters. The van der Waals surface area contributed by atoms with Crippen LogP contribution in [0.3, 0.4) is 0 Å². The predicted molar refractivity (Wildman–Crippen MR) is 71.5 cm³/mol. The predicted octanol–water partition coefficient (Wildman–Crippen LogP) is 5.34. The molecule has 0 aromatic heterocycles. The van der Waals surface area contributed by atoms with E-state index in [2.05, 4.69) is 19.9 Å². The molecule has 2 rings (SSSR count). The van der Waals surface area contributed by atoms with Crippen molar-refractivity contribution in [1.29, 1.82) is 0 Å². The minimum Gasteiger partial charge on any atom is -0.0819 e. The summed E-state index contributed by atoms with van der Waals surface area (Å²) in [5.41, 5.74) is 1.72. The van der Waals surface area contributed by atoms with Gasteiger partial charge < -0.3 is 0 Å². The molecule has 2 aliphatic carbocycles. The lowest BCUT2D eigenvalue weighted by molar-refractivity contribution is 0.302. The first-order chi connectivity index (χ1) is 7.79. The van der Waals surface area contributed by atoms with E-state index in [1.807, 2.05) is 0 Å². The summed E-state index contributed by atoms with van der Waals surface area (Å²) >= 11 is 0. The maximum absolute atomic E-state index is 2.60. The van der Waals surface area contributed by atoms with Crippen LogP contribution in [0.2, 0.25) is 0 Å². The van der Waals surface area contributed by atoms with Crippen LogP contribution in [0.15, 0.2) is 11.6 Å². The lowest BCUT2D eigenvalue weighted by Crippen LogP contribution is -2.10. The Hall–Kier alpha value is -0.260. The summed E-state index contributed by atoms with van der Waals surface area (Å²) in [6.07, 6.45) is 15.8. The molecular weight excluding hydrogens is 192 g/mol. The molecule has 0 heteroatoms. The van der Waals surface area contributed by atoms with Gasteiger partial charge in [0.2, 0.25) is 0 Å². The molecule has 0 amide bonds. The van der Waals surface area contributed by atoms with Gasteiger partial charge in [-0.1, -0.05) is 57.6 Å². The Labute approximate surface area is 102 Å². The lowest BCUT2D eigenvalue weighted by Gasteiger charge is -2.23. The SMILES string of the molecule is CCC1=CC(CCC2CCCCC2)C(C)C1. The van der Waals surface area contributed by atoms with E-state index in [0.717, 1.165) is 17.8 Å². The minimum absolute atomic E-state index is 0.914. The molecule has 0 aromatic rings. The number of hydrogen-bond donors (Lipinski definition) is 0. The molecular formula is C16H28. The Morgan fingerprint density at radius 2 is 1.88 bits per heavy atom. The van der Waals surface area contributed by atoms with E-state index >= 15 is 0 Å². The van der Waals surface area contributed by atoms with Crippen LogP contribution in [0.4, 0.5) is 0 Å². The molecule has 0 spiro atoms. The molecule has 0 N–H and O–H groups in total. The summed E-state index contributed by atoms with van der Waals surface area (Å²) in [6, 6.07) is 0. The topological polar surface area (TPSA) is 0 Å². The van der Waals surface area contributed by atoms with Crippen LogP contribution in [0.25, 0.3) is 0 Å². The Bertz CT molecular complexity index is 232. The lowest BCUT2D eigenvalue weighted by atomic mass is 9.82. The van der Waals surface area contributed by atoms with Gasteiger partial charge in [-0.15, -0.1) is 0 Å². The van der Waals surface area contributed by atoms with E-state index in [4.69, 9.17) is 0 Å². The molecule has 16 heavy (non-hydrogen) atoms. The van der Waals surface area contributed by atoms with Gasteiger partial charge in [-0.05, 0) is 43.4 Å². The second-order valence-corrected chi connectivity index (χ2v) is 6.11. The van der Waals surface area contributed by atoms with E-state index in [9.17, 15) is 0 Å². The van der Waals surface area contributed by atoms with E-state index in [1.54, 1.807) is 5.57 Å². The summed E-state index contributed by atoms with van der Waals surface area (Å²) in [7, 11) is 0. The van der Waals surface area contributed by atoms with E-state index < -0.39 is 0 Å². The summed E-state index contributed by atoms with van der Waals surface area (Å²) in [6.45, 7) is 4.76. The second-order valence-electron chi connectivity index (χ2n) is 6.11. The first-order valence-corrected chi connectivity index (χ1v) is 7.49. The molecule has 2 aliphatic rings. The van der Waals surface area contributed by atoms with Crippen molar-refractivity contribution in [3.63, 3.8) is 0 Å². The van der Waals surface area contributed by atoms with Crippen molar-refractivity contribution in [3.05, 3.63) is 11.6 Å². The number of allylic oxidation sites excluding steroid dienone is 2. The number of hydrogen-bond acceptors (Lipinski definition) is 0. The molecule has 2 unspecified atom stereocenters. The van der Waals surface area contributed by atoms with Gasteiger partial charge in [0.15, 0.2) is 0 Å². The molecule has 0 radical (unpaired) electrons. The third-order valence-electron chi connectivity index (χ3n) is 4.85. The van der Waals surface area contributed by atoms with E-state index in [1.165, 1.54) is 57.8 Å². The van der Waals surface area contributed by atoms with Gasteiger partial charge in [0.05, 0.1) is 0 Å². The maximum Gasteiger partial charge on any atom is -0.0202 e. The average molecular weight is 220 g/mol. The fourth-order valence-corrected chi connectivity index (χ4v) is 3.63. The standard InChI is InChI=1S/C16H28/c1-3-14-11-13(2)16(12-14)10-9-15-7-5-4-6-8-15/h12-13,15-16H,3-11H2,1-2H3. The fraction of sp³-hybridized carbons (Fsp3) is 0.875. The largest absolute Gasteiger partial charge is 0.0819 e. The zero-order valence-electron chi connectivity index (χ0n) is 11.2. The molecule has 0 nitrogen and oxygen atoms in total. The first kappa shape index (κ1) is 12.2. The van der Waals surface area contributed by atoms with Crippen LogP contribution >= 0.6 is 0 Å². The van der Waals surface area contributed by atoms with Crippen LogP contribution in [-0.2, 0) is 0 Å². The zero-order valence-corrected chi connectivity index (χ0v) is 11.2. The molecule has 0 aliphatic heterocycles. The van der Waals surface area contributed by atoms with Crippen molar-refractivity contribution in [2.45, 2.75) is 71.6 Å².